The standard InChI is InChI=1S/C27H24N2O9/c1-3-36-23-13-16(7-9-21(23)37-15-17-5-4-6-18(11-17)25(31)32)12-20-24(30)29(27(34)28-20)14-19-8-10-22(38-19)26(33)35-2/h4-13H,3,14-15H2,1-2H3,(H,28,34)(H,31,32)/b20-12-. The lowest BCUT2D eigenvalue weighted by molar-refractivity contribution is -0.123. The highest BCUT2D eigenvalue weighted by atomic mass is 16.5. The van der Waals surface area contributed by atoms with Crippen molar-refractivity contribution in [1.29, 1.82) is 0 Å². The molecule has 3 aromatic rings. The third kappa shape index (κ3) is 5.84. The number of rotatable bonds is 10. The van der Waals surface area contributed by atoms with Gasteiger partial charge in [-0.15, -0.1) is 0 Å². The van der Waals surface area contributed by atoms with Gasteiger partial charge in [-0.2, -0.15) is 0 Å². The van der Waals surface area contributed by atoms with Crippen LogP contribution >= 0.6 is 0 Å². The molecule has 0 saturated carbocycles. The minimum Gasteiger partial charge on any atom is -0.490 e. The molecule has 2 heterocycles. The first-order valence-corrected chi connectivity index (χ1v) is 11.5. The highest BCUT2D eigenvalue weighted by Gasteiger charge is 2.34. The number of hydrogen-bond acceptors (Lipinski definition) is 8. The zero-order chi connectivity index (χ0) is 27.2. The Morgan fingerprint density at radius 3 is 2.61 bits per heavy atom. The minimum atomic E-state index is -1.03. The molecule has 38 heavy (non-hydrogen) atoms. The first-order valence-electron chi connectivity index (χ1n) is 11.5. The van der Waals surface area contributed by atoms with Crippen LogP contribution in [0.15, 0.2) is 64.7 Å². The quantitative estimate of drug-likeness (QED) is 0.231. The minimum absolute atomic E-state index is 0.0364. The van der Waals surface area contributed by atoms with Crippen LogP contribution in [0.3, 0.4) is 0 Å². The van der Waals surface area contributed by atoms with E-state index in [9.17, 15) is 24.3 Å². The number of imide groups is 1. The Balaban J connectivity index is 1.48. The number of carboxylic acids is 1. The summed E-state index contributed by atoms with van der Waals surface area (Å²) in [6.07, 6.45) is 1.50. The molecule has 1 fully saturated rings. The Bertz CT molecular complexity index is 1420. The summed E-state index contributed by atoms with van der Waals surface area (Å²) in [4.78, 5) is 49.0. The van der Waals surface area contributed by atoms with E-state index in [4.69, 9.17) is 13.9 Å². The van der Waals surface area contributed by atoms with Crippen molar-refractivity contribution in [2.75, 3.05) is 13.7 Å². The lowest BCUT2D eigenvalue weighted by Crippen LogP contribution is -2.30. The van der Waals surface area contributed by atoms with Crippen molar-refractivity contribution < 1.29 is 42.9 Å². The topological polar surface area (TPSA) is 145 Å². The highest BCUT2D eigenvalue weighted by Crippen LogP contribution is 2.31. The van der Waals surface area contributed by atoms with Gasteiger partial charge in [0.15, 0.2) is 11.5 Å². The number of carbonyl (C=O) groups excluding carboxylic acids is 3. The average Bonchev–Trinajstić information content (AvgIpc) is 3.48. The summed E-state index contributed by atoms with van der Waals surface area (Å²) in [6.45, 7) is 2.11. The van der Waals surface area contributed by atoms with E-state index < -0.39 is 23.9 Å². The van der Waals surface area contributed by atoms with E-state index in [0.717, 1.165) is 4.90 Å². The fraction of sp³-hybridized carbons (Fsp3) is 0.185. The number of carboxylic acid groups (broad SMARTS) is 1. The van der Waals surface area contributed by atoms with Gasteiger partial charge < -0.3 is 29.1 Å². The Kier molecular flexibility index (Phi) is 7.76. The molecule has 0 aliphatic carbocycles. The summed E-state index contributed by atoms with van der Waals surface area (Å²) in [5.41, 5.74) is 1.46. The monoisotopic (exact) mass is 520 g/mol. The molecule has 11 heteroatoms. The maximum atomic E-state index is 12.9. The van der Waals surface area contributed by atoms with E-state index in [1.54, 1.807) is 30.3 Å². The third-order valence-corrected chi connectivity index (χ3v) is 5.47. The zero-order valence-electron chi connectivity index (χ0n) is 20.6. The number of amides is 3. The van der Waals surface area contributed by atoms with Crippen LogP contribution in [-0.4, -0.2) is 47.6 Å². The first-order chi connectivity index (χ1) is 18.3. The highest BCUT2D eigenvalue weighted by molar-refractivity contribution is 6.13. The number of furan rings is 1. The van der Waals surface area contributed by atoms with Crippen molar-refractivity contribution in [1.82, 2.24) is 10.2 Å². The maximum absolute atomic E-state index is 12.9. The molecule has 3 amide bonds. The van der Waals surface area contributed by atoms with Gasteiger partial charge in [-0.1, -0.05) is 18.2 Å². The molecular weight excluding hydrogens is 496 g/mol. The van der Waals surface area contributed by atoms with E-state index in [1.807, 2.05) is 6.92 Å². The van der Waals surface area contributed by atoms with Crippen LogP contribution in [0.1, 0.15) is 44.7 Å². The number of methoxy groups -OCH3 is 1. The van der Waals surface area contributed by atoms with Crippen molar-refractivity contribution in [3.05, 3.63) is 88.5 Å². The fourth-order valence-corrected chi connectivity index (χ4v) is 3.67. The second-order valence-corrected chi connectivity index (χ2v) is 8.07. The summed E-state index contributed by atoms with van der Waals surface area (Å²) in [7, 11) is 1.22. The molecule has 1 aromatic heterocycles. The predicted molar refractivity (Wildman–Crippen MR) is 132 cm³/mol. The van der Waals surface area contributed by atoms with Gasteiger partial charge in [0.05, 0.1) is 25.8 Å². The smallest absolute Gasteiger partial charge is 0.373 e. The number of ether oxygens (including phenoxy) is 3. The summed E-state index contributed by atoms with van der Waals surface area (Å²) in [5, 5.41) is 11.7. The van der Waals surface area contributed by atoms with Crippen LogP contribution in [-0.2, 0) is 22.7 Å². The second-order valence-electron chi connectivity index (χ2n) is 8.07. The number of hydrogen-bond donors (Lipinski definition) is 2. The van der Waals surface area contributed by atoms with E-state index in [0.29, 0.717) is 29.2 Å². The lowest BCUT2D eigenvalue weighted by Gasteiger charge is -2.13. The second kappa shape index (κ2) is 11.3. The van der Waals surface area contributed by atoms with Crippen molar-refractivity contribution >= 4 is 30.0 Å². The molecule has 2 aromatic carbocycles. The molecule has 1 aliphatic rings. The molecule has 0 unspecified atom stereocenters. The molecular formula is C27H24N2O9. The van der Waals surface area contributed by atoms with Gasteiger partial charge in [-0.3, -0.25) is 9.69 Å². The number of urea groups is 1. The van der Waals surface area contributed by atoms with Crippen molar-refractivity contribution in [3.8, 4) is 11.5 Å². The molecule has 4 rings (SSSR count). The fourth-order valence-electron chi connectivity index (χ4n) is 3.67. The number of esters is 1. The van der Waals surface area contributed by atoms with Gasteiger partial charge in [0.25, 0.3) is 5.91 Å². The Hall–Kier alpha value is -5.06. The molecule has 11 nitrogen and oxygen atoms in total. The van der Waals surface area contributed by atoms with E-state index in [-0.39, 0.29) is 35.9 Å². The normalized spacial score (nSPS) is 13.9. The van der Waals surface area contributed by atoms with Gasteiger partial charge in [0, 0.05) is 0 Å². The van der Waals surface area contributed by atoms with E-state index in [2.05, 4.69) is 10.1 Å². The molecule has 0 spiro atoms. The SMILES string of the molecule is CCOc1cc(/C=C2\NC(=O)N(Cc3ccc(C(=O)OC)o3)C2=O)ccc1OCc1cccc(C(=O)O)c1. The van der Waals surface area contributed by atoms with Crippen LogP contribution in [0.5, 0.6) is 11.5 Å². The first kappa shape index (κ1) is 26.0. The molecule has 2 N–H and O–H groups in total. The van der Waals surface area contributed by atoms with Gasteiger partial charge in [0.1, 0.15) is 18.1 Å². The van der Waals surface area contributed by atoms with E-state index >= 15 is 0 Å². The molecule has 1 aliphatic heterocycles. The maximum Gasteiger partial charge on any atom is 0.373 e. The van der Waals surface area contributed by atoms with Gasteiger partial charge >= 0.3 is 18.0 Å². The summed E-state index contributed by atoms with van der Waals surface area (Å²) in [6, 6.07) is 13.7. The van der Waals surface area contributed by atoms with Gasteiger partial charge in [-0.05, 0) is 60.5 Å². The van der Waals surface area contributed by atoms with Gasteiger partial charge in [-0.25, -0.2) is 14.4 Å². The lowest BCUT2D eigenvalue weighted by atomic mass is 10.1. The van der Waals surface area contributed by atoms with Crippen molar-refractivity contribution in [3.63, 3.8) is 0 Å². The number of nitrogens with one attached hydrogen (secondary N) is 1. The molecule has 0 bridgehead atoms. The van der Waals surface area contributed by atoms with Crippen LogP contribution in [0.4, 0.5) is 4.79 Å². The van der Waals surface area contributed by atoms with Crippen LogP contribution < -0.4 is 14.8 Å². The zero-order valence-corrected chi connectivity index (χ0v) is 20.6. The average molecular weight is 520 g/mol. The number of benzene rings is 2. The van der Waals surface area contributed by atoms with E-state index in [1.165, 1.54) is 37.5 Å². The molecule has 0 atom stereocenters. The van der Waals surface area contributed by atoms with Crippen molar-refractivity contribution in [2.45, 2.75) is 20.1 Å². The van der Waals surface area contributed by atoms with Crippen LogP contribution in [0, 0.1) is 0 Å². The summed E-state index contributed by atoms with van der Waals surface area (Å²) >= 11 is 0. The number of carbonyl (C=O) groups is 4. The van der Waals surface area contributed by atoms with Crippen LogP contribution in [0.2, 0.25) is 0 Å². The summed E-state index contributed by atoms with van der Waals surface area (Å²) < 4.78 is 21.5. The predicted octanol–water partition coefficient (Wildman–Crippen LogP) is 3.84. The third-order valence-electron chi connectivity index (χ3n) is 5.47. The Morgan fingerprint density at radius 1 is 1.05 bits per heavy atom. The van der Waals surface area contributed by atoms with Gasteiger partial charge in [0.2, 0.25) is 5.76 Å². The molecule has 1 saturated heterocycles. The Morgan fingerprint density at radius 2 is 1.87 bits per heavy atom. The largest absolute Gasteiger partial charge is 0.490 e. The summed E-state index contributed by atoms with van der Waals surface area (Å²) in [5.74, 6) is -1.22. The number of aromatic carboxylic acids is 1. The molecule has 0 radical (unpaired) electrons. The van der Waals surface area contributed by atoms with Crippen LogP contribution in [0.25, 0.3) is 6.08 Å². The molecule has 196 valence electrons. The Labute approximate surface area is 217 Å². The number of nitrogens with zero attached hydrogens (tertiary/aromatic N) is 1. The van der Waals surface area contributed by atoms with Crippen molar-refractivity contribution in [2.24, 2.45) is 0 Å².